The topological polar surface area (TPSA) is 83.8 Å². The molecule has 4 unspecified atom stereocenters. The Balaban J connectivity index is 1.85. The van der Waals surface area contributed by atoms with E-state index in [1.54, 1.807) is 6.08 Å². The molecule has 0 heterocycles. The van der Waals surface area contributed by atoms with Crippen molar-refractivity contribution in [2.24, 2.45) is 11.8 Å². The number of aliphatic hydroxyl groups excluding tert-OH is 2. The molecule has 4 atom stereocenters. The molecule has 0 aromatic rings. The average Bonchev–Trinajstić information content (AvgIpc) is 2.56. The van der Waals surface area contributed by atoms with Gasteiger partial charge in [-0.25, -0.2) is 0 Å². The van der Waals surface area contributed by atoms with Crippen molar-refractivity contribution in [1.29, 1.82) is 0 Å². The molecule has 0 aromatic heterocycles. The zero-order valence-electron chi connectivity index (χ0n) is 14.7. The summed E-state index contributed by atoms with van der Waals surface area (Å²) in [5, 5.41) is 19.9. The second-order valence-corrected chi connectivity index (χ2v) is 7.38. The summed E-state index contributed by atoms with van der Waals surface area (Å²) in [7, 11) is 0. The van der Waals surface area contributed by atoms with Gasteiger partial charge in [0.25, 0.3) is 0 Å². The van der Waals surface area contributed by atoms with Crippen LogP contribution in [0.1, 0.15) is 58.8 Å². The lowest BCUT2D eigenvalue weighted by Crippen LogP contribution is -2.43. The third kappa shape index (κ3) is 5.23. The first-order chi connectivity index (χ1) is 11.4. The van der Waals surface area contributed by atoms with Gasteiger partial charge >= 0.3 is 0 Å². The maximum absolute atomic E-state index is 12.3. The minimum absolute atomic E-state index is 0.129. The summed E-state index contributed by atoms with van der Waals surface area (Å²) < 4.78 is 5.66. The lowest BCUT2D eigenvalue weighted by Gasteiger charge is -2.31. The Hall–Kier alpha value is -1.04. The number of rotatable bonds is 7. The molecule has 2 rings (SSSR count). The normalized spacial score (nSPS) is 29.8. The van der Waals surface area contributed by atoms with E-state index in [4.69, 9.17) is 4.74 Å². The van der Waals surface area contributed by atoms with E-state index in [9.17, 15) is 19.8 Å². The van der Waals surface area contributed by atoms with Gasteiger partial charge in [0.2, 0.25) is 0 Å². The van der Waals surface area contributed by atoms with E-state index in [0.717, 1.165) is 12.8 Å². The minimum Gasteiger partial charge on any atom is -0.390 e. The summed E-state index contributed by atoms with van der Waals surface area (Å²) in [5.41, 5.74) is 0.471. The van der Waals surface area contributed by atoms with Crippen molar-refractivity contribution in [3.05, 3.63) is 11.6 Å². The summed E-state index contributed by atoms with van der Waals surface area (Å²) in [5.74, 6) is 0.326. The van der Waals surface area contributed by atoms with E-state index in [0.29, 0.717) is 17.9 Å². The Kier molecular flexibility index (Phi) is 7.14. The van der Waals surface area contributed by atoms with Gasteiger partial charge in [-0.05, 0) is 24.5 Å². The number of hydrogen-bond acceptors (Lipinski definition) is 5. The maximum Gasteiger partial charge on any atom is 0.155 e. The molecule has 0 aliphatic heterocycles. The summed E-state index contributed by atoms with van der Waals surface area (Å²) in [4.78, 5) is 23.8. The van der Waals surface area contributed by atoms with E-state index in [2.05, 4.69) is 0 Å². The Morgan fingerprint density at radius 1 is 1.25 bits per heavy atom. The Morgan fingerprint density at radius 3 is 2.54 bits per heavy atom. The number of ether oxygens (including phenoxy) is 1. The van der Waals surface area contributed by atoms with Crippen molar-refractivity contribution in [2.75, 3.05) is 6.61 Å². The molecular weight excluding hydrogens is 308 g/mol. The lowest BCUT2D eigenvalue weighted by atomic mass is 9.84. The van der Waals surface area contributed by atoms with Crippen LogP contribution in [0.15, 0.2) is 11.6 Å². The third-order valence-corrected chi connectivity index (χ3v) is 5.28. The molecule has 1 fully saturated rings. The molecule has 0 saturated heterocycles. The molecule has 2 aliphatic rings. The van der Waals surface area contributed by atoms with Gasteiger partial charge in [-0.2, -0.15) is 0 Å². The molecule has 0 aromatic carbocycles. The largest absolute Gasteiger partial charge is 0.390 e. The fourth-order valence-corrected chi connectivity index (χ4v) is 3.56. The quantitative estimate of drug-likeness (QED) is 0.743. The van der Waals surface area contributed by atoms with Gasteiger partial charge in [0, 0.05) is 18.8 Å². The zero-order chi connectivity index (χ0) is 17.7. The number of carbonyl (C=O) groups is 2. The van der Waals surface area contributed by atoms with E-state index in [1.165, 1.54) is 26.2 Å². The van der Waals surface area contributed by atoms with Crippen LogP contribution in [0, 0.1) is 11.8 Å². The van der Waals surface area contributed by atoms with Crippen molar-refractivity contribution >= 4 is 11.6 Å². The molecule has 0 amide bonds. The van der Waals surface area contributed by atoms with Crippen LogP contribution >= 0.6 is 0 Å². The van der Waals surface area contributed by atoms with Gasteiger partial charge in [0.05, 0.1) is 12.7 Å². The number of aliphatic hydroxyl groups is 2. The van der Waals surface area contributed by atoms with Crippen molar-refractivity contribution in [1.82, 2.24) is 0 Å². The van der Waals surface area contributed by atoms with Crippen molar-refractivity contribution < 1.29 is 24.5 Å². The van der Waals surface area contributed by atoms with Crippen molar-refractivity contribution in [3.8, 4) is 0 Å². The van der Waals surface area contributed by atoms with E-state index in [1.807, 2.05) is 6.92 Å². The Morgan fingerprint density at radius 2 is 1.92 bits per heavy atom. The van der Waals surface area contributed by atoms with Crippen LogP contribution in [0.4, 0.5) is 0 Å². The predicted octanol–water partition coefficient (Wildman–Crippen LogP) is 2.19. The van der Waals surface area contributed by atoms with Gasteiger partial charge in [0.15, 0.2) is 5.78 Å². The first kappa shape index (κ1) is 19.3. The van der Waals surface area contributed by atoms with Crippen LogP contribution in [0.25, 0.3) is 0 Å². The molecule has 5 nitrogen and oxygen atoms in total. The highest BCUT2D eigenvalue weighted by atomic mass is 16.5. The van der Waals surface area contributed by atoms with Crippen LogP contribution < -0.4 is 0 Å². The molecule has 0 bridgehead atoms. The second kappa shape index (κ2) is 8.88. The zero-order valence-corrected chi connectivity index (χ0v) is 14.7. The number of hydrogen-bond donors (Lipinski definition) is 2. The van der Waals surface area contributed by atoms with Crippen LogP contribution in [0.2, 0.25) is 0 Å². The first-order valence-electron chi connectivity index (χ1n) is 9.10. The SMILES string of the molecule is CC(=O)C1=CC(OCC(C)C(=O)CC2CCCCC2)C(O)C(O)C1. The molecule has 0 radical (unpaired) electrons. The van der Waals surface area contributed by atoms with Crippen LogP contribution in [-0.4, -0.2) is 46.7 Å². The van der Waals surface area contributed by atoms with Crippen LogP contribution in [0.5, 0.6) is 0 Å². The molecule has 1 saturated carbocycles. The van der Waals surface area contributed by atoms with Gasteiger partial charge in [-0.1, -0.05) is 39.0 Å². The smallest absolute Gasteiger partial charge is 0.155 e. The van der Waals surface area contributed by atoms with Crippen molar-refractivity contribution in [3.63, 3.8) is 0 Å². The highest BCUT2D eigenvalue weighted by Crippen LogP contribution is 2.28. The van der Waals surface area contributed by atoms with Gasteiger partial charge < -0.3 is 14.9 Å². The first-order valence-corrected chi connectivity index (χ1v) is 9.10. The maximum atomic E-state index is 12.3. The second-order valence-electron chi connectivity index (χ2n) is 7.38. The summed E-state index contributed by atoms with van der Waals surface area (Å²) >= 11 is 0. The lowest BCUT2D eigenvalue weighted by molar-refractivity contribution is -0.129. The Bertz CT molecular complexity index is 478. The number of carbonyl (C=O) groups excluding carboxylic acids is 2. The Labute approximate surface area is 144 Å². The molecule has 5 heteroatoms. The van der Waals surface area contributed by atoms with Gasteiger partial charge in [-0.15, -0.1) is 0 Å². The highest BCUT2D eigenvalue weighted by molar-refractivity contribution is 5.93. The third-order valence-electron chi connectivity index (χ3n) is 5.28. The van der Waals surface area contributed by atoms with E-state index in [-0.39, 0.29) is 30.5 Å². The summed E-state index contributed by atoms with van der Waals surface area (Å²) in [6.45, 7) is 3.47. The molecule has 2 aliphatic carbocycles. The van der Waals surface area contributed by atoms with Gasteiger partial charge in [0.1, 0.15) is 18.0 Å². The molecule has 2 N–H and O–H groups in total. The van der Waals surface area contributed by atoms with E-state index < -0.39 is 18.3 Å². The highest BCUT2D eigenvalue weighted by Gasteiger charge is 2.33. The van der Waals surface area contributed by atoms with Gasteiger partial charge in [-0.3, -0.25) is 9.59 Å². The fourth-order valence-electron chi connectivity index (χ4n) is 3.56. The fraction of sp³-hybridized carbons (Fsp3) is 0.789. The van der Waals surface area contributed by atoms with E-state index >= 15 is 0 Å². The molecule has 24 heavy (non-hydrogen) atoms. The molecule has 136 valence electrons. The minimum atomic E-state index is -1.06. The predicted molar refractivity (Wildman–Crippen MR) is 90.5 cm³/mol. The molecular formula is C19H30O5. The van der Waals surface area contributed by atoms with Crippen molar-refractivity contribution in [2.45, 2.75) is 77.1 Å². The van der Waals surface area contributed by atoms with Crippen LogP contribution in [-0.2, 0) is 14.3 Å². The summed E-state index contributed by atoms with van der Waals surface area (Å²) in [6.07, 6.45) is 5.50. The summed E-state index contributed by atoms with van der Waals surface area (Å²) in [6, 6.07) is 0. The molecule has 0 spiro atoms. The monoisotopic (exact) mass is 338 g/mol. The number of Topliss-reactive ketones (excluding diaryl/α,β-unsaturated/α-hetero) is 2. The van der Waals surface area contributed by atoms with Crippen LogP contribution in [0.3, 0.4) is 0 Å². The standard InChI is InChI=1S/C19H30O5/c1-12(16(21)8-14-6-4-3-5-7-14)11-24-18-10-15(13(2)20)9-17(22)19(18)23/h10,12,14,17-19,22-23H,3-9,11H2,1-2H3. The average molecular weight is 338 g/mol. The number of ketones is 2.